The molecule has 28 heavy (non-hydrogen) atoms. The first-order valence-corrected chi connectivity index (χ1v) is 11.0. The Kier molecular flexibility index (Phi) is 5.75. The number of hydrogen-bond acceptors (Lipinski definition) is 4. The highest BCUT2D eigenvalue weighted by Crippen LogP contribution is 2.33. The third kappa shape index (κ3) is 4.60. The normalized spacial score (nSPS) is 10.9. The first kappa shape index (κ1) is 19.1. The second kappa shape index (κ2) is 8.43. The minimum atomic E-state index is -0.365. The Bertz CT molecular complexity index is 1140. The van der Waals surface area contributed by atoms with E-state index in [9.17, 15) is 9.18 Å². The molecule has 0 aliphatic rings. The van der Waals surface area contributed by atoms with Gasteiger partial charge in [-0.15, -0.1) is 11.3 Å². The van der Waals surface area contributed by atoms with Crippen molar-refractivity contribution in [3.05, 3.63) is 88.1 Å². The van der Waals surface area contributed by atoms with Gasteiger partial charge in [-0.3, -0.25) is 4.79 Å². The van der Waals surface area contributed by atoms with Gasteiger partial charge in [0.25, 0.3) is 5.91 Å². The summed E-state index contributed by atoms with van der Waals surface area (Å²) in [4.78, 5) is 17.0. The lowest BCUT2D eigenvalue weighted by Gasteiger charge is -2.05. The number of thiazole rings is 1. The molecule has 7 heteroatoms. The molecule has 4 rings (SSSR count). The van der Waals surface area contributed by atoms with E-state index in [4.69, 9.17) is 0 Å². The fraction of sp³-hybridized carbons (Fsp3) is 0.0476. The lowest BCUT2D eigenvalue weighted by molar-refractivity contribution is 0.102. The Hall–Kier alpha value is -2.22. The van der Waals surface area contributed by atoms with Gasteiger partial charge >= 0.3 is 0 Å². The minimum absolute atomic E-state index is 0.270. The predicted molar refractivity (Wildman–Crippen MR) is 118 cm³/mol. The van der Waals surface area contributed by atoms with Crippen LogP contribution < -0.4 is 5.32 Å². The molecule has 0 aliphatic carbocycles. The molecule has 0 bridgehead atoms. The third-order valence-corrected chi connectivity index (χ3v) is 6.71. The van der Waals surface area contributed by atoms with Crippen molar-refractivity contribution in [2.45, 2.75) is 10.1 Å². The second-order valence-corrected chi connectivity index (χ2v) is 9.21. The largest absolute Gasteiger partial charge is 0.322 e. The van der Waals surface area contributed by atoms with Crippen molar-refractivity contribution < 1.29 is 9.18 Å². The molecular weight excluding hydrogens is 459 g/mol. The molecule has 0 atom stereocenters. The smallest absolute Gasteiger partial charge is 0.255 e. The molecule has 0 aliphatic heterocycles. The first-order valence-electron chi connectivity index (χ1n) is 8.41. The zero-order chi connectivity index (χ0) is 19.5. The zero-order valence-corrected chi connectivity index (χ0v) is 17.7. The van der Waals surface area contributed by atoms with E-state index in [1.54, 1.807) is 23.1 Å². The van der Waals surface area contributed by atoms with Gasteiger partial charge in [0.15, 0.2) is 4.34 Å². The van der Waals surface area contributed by atoms with E-state index < -0.39 is 0 Å². The molecule has 3 nitrogen and oxygen atoms in total. The fourth-order valence-corrected chi connectivity index (χ4v) is 5.12. The molecular formula is C21H14BrFN2OS2. The van der Waals surface area contributed by atoms with Crippen LogP contribution in [0.3, 0.4) is 0 Å². The van der Waals surface area contributed by atoms with Crippen molar-refractivity contribution in [1.29, 1.82) is 0 Å². The Morgan fingerprint density at radius 1 is 1.11 bits per heavy atom. The molecule has 0 spiro atoms. The SMILES string of the molecule is O=C(Nc1ccc2nc(SCc3cccc(Br)c3)sc2c1)c1ccc(F)cc1. The van der Waals surface area contributed by atoms with E-state index in [0.29, 0.717) is 11.3 Å². The van der Waals surface area contributed by atoms with E-state index in [0.717, 1.165) is 24.8 Å². The summed E-state index contributed by atoms with van der Waals surface area (Å²) in [5.41, 5.74) is 3.23. The van der Waals surface area contributed by atoms with E-state index in [1.165, 1.54) is 29.8 Å². The summed E-state index contributed by atoms with van der Waals surface area (Å²) in [6, 6.07) is 19.3. The standard InChI is InChI=1S/C21H14BrFN2OS2/c22-15-3-1-2-13(10-15)12-27-21-25-18-9-8-17(11-19(18)28-21)24-20(26)14-4-6-16(23)7-5-14/h1-11H,12H2,(H,24,26). The number of hydrogen-bond donors (Lipinski definition) is 1. The molecule has 0 fully saturated rings. The van der Waals surface area contributed by atoms with Gasteiger partial charge in [0.05, 0.1) is 10.2 Å². The summed E-state index contributed by atoms with van der Waals surface area (Å²) in [5.74, 6) is 0.205. The number of fused-ring (bicyclic) bond motifs is 1. The highest BCUT2D eigenvalue weighted by Gasteiger charge is 2.09. The number of amides is 1. The van der Waals surface area contributed by atoms with Crippen LogP contribution in [0.15, 0.2) is 75.5 Å². The molecule has 4 aromatic rings. The van der Waals surface area contributed by atoms with Crippen LogP contribution in [-0.2, 0) is 5.75 Å². The first-order chi connectivity index (χ1) is 13.6. The molecule has 0 unspecified atom stereocenters. The van der Waals surface area contributed by atoms with Crippen molar-refractivity contribution in [2.75, 3.05) is 5.32 Å². The third-order valence-electron chi connectivity index (χ3n) is 3.98. The molecule has 3 aromatic carbocycles. The number of rotatable bonds is 5. The maximum Gasteiger partial charge on any atom is 0.255 e. The monoisotopic (exact) mass is 472 g/mol. The maximum absolute atomic E-state index is 13.0. The van der Waals surface area contributed by atoms with Gasteiger partial charge in [-0.25, -0.2) is 9.37 Å². The average Bonchev–Trinajstić information content (AvgIpc) is 3.09. The number of carbonyl (C=O) groups excluding carboxylic acids is 1. The van der Waals surface area contributed by atoms with Crippen LogP contribution in [0.1, 0.15) is 15.9 Å². The highest BCUT2D eigenvalue weighted by molar-refractivity contribution is 9.10. The number of halogens is 2. The van der Waals surface area contributed by atoms with Crippen molar-refractivity contribution in [1.82, 2.24) is 4.98 Å². The van der Waals surface area contributed by atoms with Gasteiger partial charge in [-0.05, 0) is 60.2 Å². The molecule has 1 amide bonds. The van der Waals surface area contributed by atoms with Gasteiger partial charge in [-0.2, -0.15) is 0 Å². The predicted octanol–water partition coefficient (Wildman–Crippen LogP) is 6.74. The summed E-state index contributed by atoms with van der Waals surface area (Å²) < 4.78 is 16.1. The van der Waals surface area contributed by atoms with E-state index in [1.807, 2.05) is 30.3 Å². The average molecular weight is 473 g/mol. The van der Waals surface area contributed by atoms with Crippen LogP contribution in [-0.4, -0.2) is 10.9 Å². The summed E-state index contributed by atoms with van der Waals surface area (Å²) in [5, 5.41) is 2.85. The number of nitrogens with zero attached hydrogens (tertiary/aromatic N) is 1. The summed E-state index contributed by atoms with van der Waals surface area (Å²) >= 11 is 6.78. The quantitative estimate of drug-likeness (QED) is 0.327. The van der Waals surface area contributed by atoms with Crippen molar-refractivity contribution >= 4 is 60.8 Å². The van der Waals surface area contributed by atoms with Crippen molar-refractivity contribution in [2.24, 2.45) is 0 Å². The Labute approximate surface area is 178 Å². The summed E-state index contributed by atoms with van der Waals surface area (Å²) in [7, 11) is 0. The van der Waals surface area contributed by atoms with Gasteiger partial charge in [-0.1, -0.05) is 39.8 Å². The van der Waals surface area contributed by atoms with Crippen molar-refractivity contribution in [3.63, 3.8) is 0 Å². The second-order valence-electron chi connectivity index (χ2n) is 6.04. The topological polar surface area (TPSA) is 42.0 Å². The molecule has 1 N–H and O–H groups in total. The molecule has 1 aromatic heterocycles. The number of carbonyl (C=O) groups is 1. The minimum Gasteiger partial charge on any atom is -0.322 e. The Morgan fingerprint density at radius 2 is 1.93 bits per heavy atom. The lowest BCUT2D eigenvalue weighted by atomic mass is 10.2. The van der Waals surface area contributed by atoms with E-state index >= 15 is 0 Å². The molecule has 0 saturated heterocycles. The van der Waals surface area contributed by atoms with Crippen LogP contribution in [0, 0.1) is 5.82 Å². The number of anilines is 1. The Morgan fingerprint density at radius 3 is 2.71 bits per heavy atom. The number of benzene rings is 3. The number of nitrogens with one attached hydrogen (secondary N) is 1. The van der Waals surface area contributed by atoms with Crippen LogP contribution in [0.25, 0.3) is 10.2 Å². The highest BCUT2D eigenvalue weighted by atomic mass is 79.9. The van der Waals surface area contributed by atoms with Gasteiger partial charge in [0.2, 0.25) is 0 Å². The number of aromatic nitrogens is 1. The maximum atomic E-state index is 13.0. The lowest BCUT2D eigenvalue weighted by Crippen LogP contribution is -2.11. The Balaban J connectivity index is 1.46. The van der Waals surface area contributed by atoms with Crippen LogP contribution >= 0.6 is 39.0 Å². The molecule has 0 radical (unpaired) electrons. The van der Waals surface area contributed by atoms with Gasteiger partial charge < -0.3 is 5.32 Å². The zero-order valence-electron chi connectivity index (χ0n) is 14.5. The van der Waals surface area contributed by atoms with E-state index in [2.05, 4.69) is 38.4 Å². The van der Waals surface area contributed by atoms with Gasteiger partial charge in [0, 0.05) is 21.5 Å². The molecule has 0 saturated carbocycles. The summed E-state index contributed by atoms with van der Waals surface area (Å²) in [6.45, 7) is 0. The number of thioether (sulfide) groups is 1. The van der Waals surface area contributed by atoms with Crippen LogP contribution in [0.2, 0.25) is 0 Å². The van der Waals surface area contributed by atoms with E-state index in [-0.39, 0.29) is 11.7 Å². The van der Waals surface area contributed by atoms with Crippen molar-refractivity contribution in [3.8, 4) is 0 Å². The van der Waals surface area contributed by atoms with Crippen LogP contribution in [0.4, 0.5) is 10.1 Å². The molecule has 1 heterocycles. The summed E-state index contributed by atoms with van der Waals surface area (Å²) in [6.07, 6.45) is 0. The van der Waals surface area contributed by atoms with Gasteiger partial charge in [0.1, 0.15) is 5.82 Å². The molecule has 140 valence electrons. The fourth-order valence-electron chi connectivity index (χ4n) is 2.62. The van der Waals surface area contributed by atoms with Crippen LogP contribution in [0.5, 0.6) is 0 Å².